The number of hydrogen-bond acceptors (Lipinski definition) is 2. The molecule has 0 amide bonds. The Bertz CT molecular complexity index is 492. The fourth-order valence-electron chi connectivity index (χ4n) is 1.88. The van der Waals surface area contributed by atoms with Crippen molar-refractivity contribution < 1.29 is 4.42 Å². The Labute approximate surface area is 107 Å². The molecule has 1 aromatic carbocycles. The second kappa shape index (κ2) is 5.39. The first-order valence-corrected chi connectivity index (χ1v) is 6.08. The Balaban J connectivity index is 1.98. The van der Waals surface area contributed by atoms with Gasteiger partial charge in [0.1, 0.15) is 5.76 Å². The van der Waals surface area contributed by atoms with Gasteiger partial charge in [-0.1, -0.05) is 24.3 Å². The number of nitrogens with one attached hydrogen (secondary N) is 1. The molecule has 2 aromatic rings. The van der Waals surface area contributed by atoms with Crippen LogP contribution in [0.15, 0.2) is 40.8 Å². The molecule has 3 heteroatoms. The van der Waals surface area contributed by atoms with E-state index >= 15 is 0 Å². The van der Waals surface area contributed by atoms with E-state index in [0.29, 0.717) is 17.8 Å². The Morgan fingerprint density at radius 3 is 2.65 bits per heavy atom. The highest BCUT2D eigenvalue weighted by Crippen LogP contribution is 2.18. The Morgan fingerprint density at radius 1 is 1.24 bits per heavy atom. The third kappa shape index (κ3) is 3.11. The summed E-state index contributed by atoms with van der Waals surface area (Å²) in [7, 11) is 0. The van der Waals surface area contributed by atoms with Gasteiger partial charge in [-0.3, -0.25) is 0 Å². The molecule has 1 unspecified atom stereocenters. The van der Waals surface area contributed by atoms with Crippen molar-refractivity contribution in [2.45, 2.75) is 26.4 Å². The average molecular weight is 250 g/mol. The van der Waals surface area contributed by atoms with Gasteiger partial charge in [-0.15, -0.1) is 0 Å². The van der Waals surface area contributed by atoms with E-state index in [4.69, 9.17) is 16.0 Å². The van der Waals surface area contributed by atoms with E-state index in [1.807, 2.05) is 6.07 Å². The maximum absolute atomic E-state index is 5.72. The zero-order chi connectivity index (χ0) is 12.3. The summed E-state index contributed by atoms with van der Waals surface area (Å²) in [5.41, 5.74) is 2.61. The monoisotopic (exact) mass is 249 g/mol. The van der Waals surface area contributed by atoms with E-state index in [1.165, 1.54) is 11.1 Å². The van der Waals surface area contributed by atoms with Gasteiger partial charge in [0.2, 0.25) is 0 Å². The number of furan rings is 1. The van der Waals surface area contributed by atoms with E-state index in [9.17, 15) is 0 Å². The van der Waals surface area contributed by atoms with Gasteiger partial charge < -0.3 is 9.73 Å². The first kappa shape index (κ1) is 12.2. The lowest BCUT2D eigenvalue weighted by molar-refractivity contribution is 0.461. The van der Waals surface area contributed by atoms with Gasteiger partial charge in [-0.05, 0) is 48.7 Å². The molecule has 1 atom stereocenters. The molecule has 1 aromatic heterocycles. The molecular weight excluding hydrogens is 234 g/mol. The van der Waals surface area contributed by atoms with Crippen LogP contribution in [0.1, 0.15) is 29.9 Å². The van der Waals surface area contributed by atoms with Crippen molar-refractivity contribution in [3.8, 4) is 0 Å². The summed E-state index contributed by atoms with van der Waals surface area (Å²) in [5.74, 6) is 0.857. The summed E-state index contributed by atoms with van der Waals surface area (Å²) in [6, 6.07) is 12.3. The zero-order valence-corrected chi connectivity index (χ0v) is 10.8. The highest BCUT2D eigenvalue weighted by Gasteiger charge is 2.08. The summed E-state index contributed by atoms with van der Waals surface area (Å²) in [4.78, 5) is 0. The van der Waals surface area contributed by atoms with Crippen LogP contribution in [-0.2, 0) is 6.54 Å². The van der Waals surface area contributed by atoms with E-state index in [2.05, 4.69) is 43.4 Å². The van der Waals surface area contributed by atoms with Crippen LogP contribution < -0.4 is 5.32 Å². The maximum atomic E-state index is 5.72. The van der Waals surface area contributed by atoms with Crippen LogP contribution in [0.3, 0.4) is 0 Å². The van der Waals surface area contributed by atoms with Crippen LogP contribution in [0, 0.1) is 6.92 Å². The standard InChI is InChI=1S/C14H16ClNO/c1-10-5-3-4-6-13(10)11(2)16-9-12-7-8-14(15)17-12/h3-8,11,16H,9H2,1-2H3. The molecule has 0 fully saturated rings. The Morgan fingerprint density at radius 2 is 2.00 bits per heavy atom. The lowest BCUT2D eigenvalue weighted by Crippen LogP contribution is -2.18. The molecule has 0 saturated carbocycles. The number of rotatable bonds is 4. The molecule has 1 N–H and O–H groups in total. The van der Waals surface area contributed by atoms with Crippen molar-refractivity contribution in [3.05, 3.63) is 58.5 Å². The maximum Gasteiger partial charge on any atom is 0.193 e. The first-order chi connectivity index (χ1) is 8.16. The summed E-state index contributed by atoms with van der Waals surface area (Å²) in [6.45, 7) is 4.95. The molecule has 17 heavy (non-hydrogen) atoms. The normalized spacial score (nSPS) is 12.6. The topological polar surface area (TPSA) is 25.2 Å². The number of halogens is 1. The highest BCUT2D eigenvalue weighted by atomic mass is 35.5. The molecule has 0 radical (unpaired) electrons. The van der Waals surface area contributed by atoms with Gasteiger partial charge in [0.05, 0.1) is 6.54 Å². The van der Waals surface area contributed by atoms with E-state index in [-0.39, 0.29) is 0 Å². The number of aryl methyl sites for hydroxylation is 1. The molecule has 1 heterocycles. The van der Waals surface area contributed by atoms with E-state index in [1.54, 1.807) is 6.07 Å². The van der Waals surface area contributed by atoms with Crippen LogP contribution >= 0.6 is 11.6 Å². The number of benzene rings is 1. The van der Waals surface area contributed by atoms with Crippen molar-refractivity contribution >= 4 is 11.6 Å². The molecule has 90 valence electrons. The fourth-order valence-corrected chi connectivity index (χ4v) is 2.05. The second-order valence-corrected chi connectivity index (χ2v) is 4.54. The van der Waals surface area contributed by atoms with Gasteiger partial charge in [0.15, 0.2) is 5.22 Å². The van der Waals surface area contributed by atoms with E-state index in [0.717, 1.165) is 5.76 Å². The molecule has 0 spiro atoms. The average Bonchev–Trinajstić information content (AvgIpc) is 2.73. The van der Waals surface area contributed by atoms with Crippen molar-refractivity contribution in [1.29, 1.82) is 0 Å². The minimum atomic E-state index is 0.292. The highest BCUT2D eigenvalue weighted by molar-refractivity contribution is 6.28. The van der Waals surface area contributed by atoms with Gasteiger partial charge in [-0.25, -0.2) is 0 Å². The largest absolute Gasteiger partial charge is 0.448 e. The van der Waals surface area contributed by atoms with Crippen LogP contribution in [0.4, 0.5) is 0 Å². The molecule has 0 saturated heterocycles. The van der Waals surface area contributed by atoms with Crippen LogP contribution in [0.2, 0.25) is 5.22 Å². The molecule has 0 aliphatic heterocycles. The van der Waals surface area contributed by atoms with Gasteiger partial charge >= 0.3 is 0 Å². The minimum absolute atomic E-state index is 0.292. The van der Waals surface area contributed by atoms with Crippen LogP contribution in [-0.4, -0.2) is 0 Å². The predicted molar refractivity (Wildman–Crippen MR) is 70.2 cm³/mol. The first-order valence-electron chi connectivity index (χ1n) is 5.70. The molecule has 2 rings (SSSR count). The summed E-state index contributed by atoms with van der Waals surface area (Å²) < 4.78 is 5.30. The molecule has 0 aliphatic carbocycles. The Hall–Kier alpha value is -1.25. The van der Waals surface area contributed by atoms with Crippen molar-refractivity contribution in [2.75, 3.05) is 0 Å². The smallest absolute Gasteiger partial charge is 0.193 e. The lowest BCUT2D eigenvalue weighted by Gasteiger charge is -2.15. The summed E-state index contributed by atoms with van der Waals surface area (Å²) >= 11 is 5.72. The zero-order valence-electron chi connectivity index (χ0n) is 10.0. The molecule has 2 nitrogen and oxygen atoms in total. The molecule has 0 bridgehead atoms. The quantitative estimate of drug-likeness (QED) is 0.883. The van der Waals surface area contributed by atoms with Crippen molar-refractivity contribution in [3.63, 3.8) is 0 Å². The number of hydrogen-bond donors (Lipinski definition) is 1. The third-order valence-electron chi connectivity index (χ3n) is 2.87. The Kier molecular flexibility index (Phi) is 3.87. The second-order valence-electron chi connectivity index (χ2n) is 4.16. The summed E-state index contributed by atoms with van der Waals surface area (Å²) in [5, 5.41) is 3.85. The summed E-state index contributed by atoms with van der Waals surface area (Å²) in [6.07, 6.45) is 0. The SMILES string of the molecule is Cc1ccccc1C(C)NCc1ccc(Cl)o1. The van der Waals surface area contributed by atoms with Gasteiger partial charge in [0, 0.05) is 6.04 Å². The molecule has 0 aliphatic rings. The van der Waals surface area contributed by atoms with Crippen molar-refractivity contribution in [1.82, 2.24) is 5.32 Å². The lowest BCUT2D eigenvalue weighted by atomic mass is 10.0. The molecular formula is C14H16ClNO. The van der Waals surface area contributed by atoms with Crippen molar-refractivity contribution in [2.24, 2.45) is 0 Å². The third-order valence-corrected chi connectivity index (χ3v) is 3.07. The minimum Gasteiger partial charge on any atom is -0.448 e. The fraction of sp³-hybridized carbons (Fsp3) is 0.286. The van der Waals surface area contributed by atoms with Gasteiger partial charge in [-0.2, -0.15) is 0 Å². The predicted octanol–water partition coefficient (Wildman–Crippen LogP) is 4.09. The van der Waals surface area contributed by atoms with Crippen LogP contribution in [0.25, 0.3) is 0 Å². The van der Waals surface area contributed by atoms with Gasteiger partial charge in [0.25, 0.3) is 0 Å². The van der Waals surface area contributed by atoms with Crippen LogP contribution in [0.5, 0.6) is 0 Å². The van der Waals surface area contributed by atoms with E-state index < -0.39 is 0 Å².